The molecule has 11 saturated heterocycles. The van der Waals surface area contributed by atoms with Gasteiger partial charge in [0.05, 0.1) is 18.3 Å². The molecule has 149 heavy (non-hydrogen) atoms. The summed E-state index contributed by atoms with van der Waals surface area (Å²) in [5, 5.41) is 66.4. The summed E-state index contributed by atoms with van der Waals surface area (Å²) in [6.07, 6.45) is 36.8. The lowest BCUT2D eigenvalue weighted by Crippen LogP contribution is -2.71. The summed E-state index contributed by atoms with van der Waals surface area (Å²) in [6, 6.07) is 2.29. The van der Waals surface area contributed by atoms with Crippen LogP contribution in [-0.2, 0) is 14.5 Å². The number of amidine groups is 3. The number of hydrogen-bond donors (Lipinski definition) is 14. The molecule has 856 valence electrons. The Hall–Kier alpha value is -4.73. The topological polar surface area (TPSA) is 262 Å². The SMILES string of the molecule is CC1(C)CC(ON2N=C(NC3CC(C)(C)N(C4CC(C)(C)NC(C)(C)C4)C(C)(C)C3)C=C(N(CCCCCCN(C3=CC(NC4CC(C)(C)N(C5CC(C)(C)NC(C)(C)C5)C(C)(C)C4)=NN(OC4CC(C)(C)NC(C)(C)C4)N3)C3CC(C)(C)NC(C)(C)C3)CCCCCCN(C3=CC(NC4CC(C)(C)N(C5CC(C)(C)NC(C)(C)C5)C(C)(C)C4)=NN(OC4CC(C)(C)NC(C)(C)C4)N3)C3CC(C)(C)NC(C)(C)C3)N2)CC(C)(C)N1. The predicted molar refractivity (Wildman–Crippen MR) is 620 cm³/mol. The maximum Gasteiger partial charge on any atom is 0.154 e. The number of rotatable bonds is 31. The third kappa shape index (κ3) is 31.9. The van der Waals surface area contributed by atoms with Crippen molar-refractivity contribution in [3.05, 3.63) is 35.7 Å². The molecule has 0 aromatic heterocycles. The normalized spacial score (nSPS) is 29.8. The van der Waals surface area contributed by atoms with E-state index in [0.717, 1.165) is 254 Å². The van der Waals surface area contributed by atoms with E-state index >= 15 is 0 Å². The summed E-state index contributed by atoms with van der Waals surface area (Å²) in [6.45, 7) is 110. The minimum Gasteiger partial charge on any atom is -0.366 e. The molecule has 14 aliphatic heterocycles. The number of piperidine rings is 11. The van der Waals surface area contributed by atoms with Crippen LogP contribution in [0.2, 0.25) is 0 Å². The van der Waals surface area contributed by atoms with Crippen LogP contribution in [0, 0.1) is 0 Å². The molecule has 0 aromatic carbocycles. The molecule has 11 fully saturated rings. The van der Waals surface area contributed by atoms with Crippen LogP contribution in [0.3, 0.4) is 0 Å². The van der Waals surface area contributed by atoms with Gasteiger partial charge in [0.25, 0.3) is 0 Å². The summed E-state index contributed by atoms with van der Waals surface area (Å²) in [5.41, 5.74) is 10.2. The Balaban J connectivity index is 0.753. The second-order valence-electron chi connectivity index (χ2n) is 65.0. The lowest BCUT2D eigenvalue weighted by Gasteiger charge is -2.62. The molecule has 14 N–H and O–H groups in total. The highest BCUT2D eigenvalue weighted by atomic mass is 16.8. The molecule has 0 atom stereocenters. The van der Waals surface area contributed by atoms with Crippen molar-refractivity contribution in [2.24, 2.45) is 15.3 Å². The van der Waals surface area contributed by atoms with Gasteiger partial charge in [-0.3, -0.25) is 14.7 Å². The van der Waals surface area contributed by atoms with Gasteiger partial charge in [-0.25, -0.2) is 30.8 Å². The molecule has 14 aliphatic rings. The van der Waals surface area contributed by atoms with Crippen LogP contribution in [0.5, 0.6) is 0 Å². The molecule has 0 aliphatic carbocycles. The number of hydrogen-bond acceptors (Lipinski definition) is 29. The molecule has 14 heterocycles. The van der Waals surface area contributed by atoms with E-state index in [9.17, 15) is 0 Å². The Labute approximate surface area is 909 Å². The number of hydrazone groups is 3. The zero-order valence-corrected chi connectivity index (χ0v) is 104. The predicted octanol–water partition coefficient (Wildman–Crippen LogP) is 20.0. The van der Waals surface area contributed by atoms with Crippen molar-refractivity contribution in [1.82, 2.24) is 120 Å². The molecule has 29 nitrogen and oxygen atoms in total. The lowest BCUT2D eigenvalue weighted by atomic mass is 9.71. The minimum atomic E-state index is -0.145. The van der Waals surface area contributed by atoms with Crippen molar-refractivity contribution >= 4 is 17.5 Å². The molecular formula is C120H228N26O3. The molecule has 14 rings (SSSR count). The van der Waals surface area contributed by atoms with Gasteiger partial charge >= 0.3 is 0 Å². The van der Waals surface area contributed by atoms with Crippen LogP contribution in [0.1, 0.15) is 497 Å². The minimum absolute atomic E-state index is 0.0194. The fourth-order valence-corrected chi connectivity index (χ4v) is 35.7. The average molecular weight is 2080 g/mol. The third-order valence-electron chi connectivity index (χ3n) is 35.6. The third-order valence-corrected chi connectivity index (χ3v) is 35.6. The summed E-state index contributed by atoms with van der Waals surface area (Å²) >= 11 is 0. The first kappa shape index (κ1) is 120. The van der Waals surface area contributed by atoms with Crippen molar-refractivity contribution in [2.45, 2.75) is 686 Å². The van der Waals surface area contributed by atoms with E-state index in [0.29, 0.717) is 18.1 Å². The molecule has 0 aromatic rings. The first-order chi connectivity index (χ1) is 67.7. The Morgan fingerprint density at radius 1 is 0.235 bits per heavy atom. The Kier molecular flexibility index (Phi) is 33.9. The zero-order valence-electron chi connectivity index (χ0n) is 104. The number of likely N-dealkylation sites (tertiary alicyclic amines) is 3. The van der Waals surface area contributed by atoms with Gasteiger partial charge in [0, 0.05) is 215 Å². The van der Waals surface area contributed by atoms with Crippen LogP contribution in [-0.4, -0.2) is 277 Å². The van der Waals surface area contributed by atoms with Crippen LogP contribution in [0.15, 0.2) is 51.0 Å². The second kappa shape index (κ2) is 42.2. The monoisotopic (exact) mass is 2080 g/mol. The van der Waals surface area contributed by atoms with E-state index in [1.54, 1.807) is 15.8 Å². The zero-order chi connectivity index (χ0) is 110. The van der Waals surface area contributed by atoms with Crippen LogP contribution in [0.25, 0.3) is 0 Å². The van der Waals surface area contributed by atoms with Crippen molar-refractivity contribution in [2.75, 3.05) is 26.2 Å². The van der Waals surface area contributed by atoms with Gasteiger partial charge in [-0.05, 0) is 472 Å². The fraction of sp³-hybridized carbons (Fsp3) is 0.925. The number of unbranched alkanes of at least 4 members (excludes halogenated alkanes) is 6. The summed E-state index contributed by atoms with van der Waals surface area (Å²) < 4.78 is 0. The summed E-state index contributed by atoms with van der Waals surface area (Å²) in [5.74, 6) is 5.69. The van der Waals surface area contributed by atoms with E-state index in [2.05, 4.69) is 427 Å². The maximum absolute atomic E-state index is 7.33. The second-order valence-corrected chi connectivity index (χ2v) is 65.0. The number of nitrogens with zero attached hydrogens (tertiary/aromatic N) is 12. The first-order valence-corrected chi connectivity index (χ1v) is 59.6. The van der Waals surface area contributed by atoms with Gasteiger partial charge < -0.3 is 73.2 Å². The van der Waals surface area contributed by atoms with Crippen molar-refractivity contribution in [3.63, 3.8) is 0 Å². The van der Waals surface area contributed by atoms with Crippen LogP contribution >= 0.6 is 0 Å². The summed E-state index contributed by atoms with van der Waals surface area (Å²) in [4.78, 5) is 38.8. The van der Waals surface area contributed by atoms with Crippen LogP contribution < -0.4 is 74.8 Å². The highest BCUT2D eigenvalue weighted by Crippen LogP contribution is 2.52. The smallest absolute Gasteiger partial charge is 0.154 e. The van der Waals surface area contributed by atoms with E-state index < -0.39 is 0 Å². The molecular weight excluding hydrogens is 1850 g/mol. The molecule has 0 saturated carbocycles. The van der Waals surface area contributed by atoms with Gasteiger partial charge in [0.1, 0.15) is 17.5 Å². The highest BCUT2D eigenvalue weighted by Gasteiger charge is 2.59. The Morgan fingerprint density at radius 2 is 0.416 bits per heavy atom. The molecule has 0 spiro atoms. The molecule has 0 amide bonds. The van der Waals surface area contributed by atoms with Crippen LogP contribution in [0.4, 0.5) is 0 Å². The lowest BCUT2D eigenvalue weighted by molar-refractivity contribution is -0.245. The molecule has 0 radical (unpaired) electrons. The summed E-state index contributed by atoms with van der Waals surface area (Å²) in [7, 11) is 0. The van der Waals surface area contributed by atoms with E-state index in [1.165, 1.54) is 0 Å². The van der Waals surface area contributed by atoms with Gasteiger partial charge in [-0.15, -0.1) is 15.3 Å². The highest BCUT2D eigenvalue weighted by molar-refractivity contribution is 5.95. The van der Waals surface area contributed by atoms with Crippen molar-refractivity contribution in [3.8, 4) is 0 Å². The fourth-order valence-electron chi connectivity index (χ4n) is 35.7. The average Bonchev–Trinajstić information content (AvgIpc) is 0.741. The van der Waals surface area contributed by atoms with Crippen molar-refractivity contribution in [1.29, 1.82) is 0 Å². The van der Waals surface area contributed by atoms with E-state index in [-0.39, 0.29) is 170 Å². The van der Waals surface area contributed by atoms with Gasteiger partial charge in [0.2, 0.25) is 0 Å². The molecule has 0 bridgehead atoms. The first-order valence-electron chi connectivity index (χ1n) is 59.6. The number of hydrazine groups is 3. The Morgan fingerprint density at radius 3 is 0.631 bits per heavy atom. The maximum atomic E-state index is 7.33. The van der Waals surface area contributed by atoms with Gasteiger partial charge in [-0.1, -0.05) is 41.5 Å². The number of nitrogens with one attached hydrogen (secondary N) is 14. The quantitative estimate of drug-likeness (QED) is 0.0288. The van der Waals surface area contributed by atoms with Gasteiger partial charge in [0.15, 0.2) is 17.5 Å². The van der Waals surface area contributed by atoms with E-state index in [4.69, 9.17) is 29.8 Å². The molecule has 29 heteroatoms. The Bertz CT molecular complexity index is 4370. The largest absolute Gasteiger partial charge is 0.366 e. The van der Waals surface area contributed by atoms with E-state index in [1.807, 2.05) is 0 Å². The molecule has 0 unspecified atom stereocenters. The standard InChI is InChI=1S/C120H228N26O3/c1-99(2)66-85(67-100(3,4)130-99)139(97-58-94(125-145(128-97)148-91-78-111(25,26)136-112(27,28)79-91)122-83-62-117(37,38)142(118(39,40)63-83)88-72-105(13,14)133-106(15,16)73-88)55-51-47-45-49-53-138(96-57-93(124-144(127-96)147-90-76-109(21,22)135-110(23,24)77-90)121-82-60-115(33,34)141(116(35,36)61-82)87-70-103(9,10)132-104(11,12)71-87)54-50-46-48-52-56-140(86-68-101(5,6)131-102(7,8)69-86)98-59-95(126-146(129-98)149-92-80-113(29,30)137-114(31,32)81-92)123-84-64-119(41,42)143(120(43,44)65-84)89-74-107(17,18)134-108(19,20)75-89/h57-59,82-92,127-137H,45-56,60-81H2,1-44H3,(H,121,124)(H,122,125)(H,123,126). The van der Waals surface area contributed by atoms with Gasteiger partial charge in [-0.2, -0.15) is 0 Å². The van der Waals surface area contributed by atoms with Crippen molar-refractivity contribution < 1.29 is 14.5 Å².